The highest BCUT2D eigenvalue weighted by Crippen LogP contribution is 2.15. The highest BCUT2D eigenvalue weighted by molar-refractivity contribution is 5.50. The van der Waals surface area contributed by atoms with Crippen LogP contribution in [0.15, 0.2) is 30.3 Å². The molecule has 0 saturated carbocycles. The lowest BCUT2D eigenvalue weighted by atomic mass is 9.96. The van der Waals surface area contributed by atoms with E-state index in [1.807, 2.05) is 12.2 Å². The van der Waals surface area contributed by atoms with Gasteiger partial charge in [0, 0.05) is 6.04 Å². The SMILES string of the molecule is CCCC(C)Cc1ccc(/C=C/[C@H](O)[C@@H](CC)NCC)cc1. The van der Waals surface area contributed by atoms with Crippen LogP contribution in [0, 0.1) is 5.92 Å². The molecule has 0 saturated heterocycles. The Bertz CT molecular complexity index is 424. The average molecular weight is 303 g/mol. The molecular weight excluding hydrogens is 270 g/mol. The molecule has 0 heterocycles. The molecule has 124 valence electrons. The fraction of sp³-hybridized carbons (Fsp3) is 0.600. The zero-order valence-electron chi connectivity index (χ0n) is 14.7. The molecule has 0 spiro atoms. The number of nitrogens with one attached hydrogen (secondary N) is 1. The van der Waals surface area contributed by atoms with E-state index in [1.54, 1.807) is 0 Å². The second kappa shape index (κ2) is 10.6. The molecule has 0 aliphatic heterocycles. The van der Waals surface area contributed by atoms with E-state index < -0.39 is 6.10 Å². The zero-order valence-corrected chi connectivity index (χ0v) is 14.7. The third-order valence-electron chi connectivity index (χ3n) is 4.15. The van der Waals surface area contributed by atoms with Crippen molar-refractivity contribution in [3.63, 3.8) is 0 Å². The number of aliphatic hydroxyl groups excluding tert-OH is 1. The second-order valence-electron chi connectivity index (χ2n) is 6.26. The molecule has 0 bridgehead atoms. The molecule has 2 N–H and O–H groups in total. The zero-order chi connectivity index (χ0) is 16.4. The van der Waals surface area contributed by atoms with Crippen LogP contribution in [0.4, 0.5) is 0 Å². The smallest absolute Gasteiger partial charge is 0.0877 e. The van der Waals surface area contributed by atoms with Gasteiger partial charge in [-0.2, -0.15) is 0 Å². The molecule has 22 heavy (non-hydrogen) atoms. The minimum absolute atomic E-state index is 0.135. The van der Waals surface area contributed by atoms with Crippen molar-refractivity contribution < 1.29 is 5.11 Å². The minimum atomic E-state index is -0.436. The molecule has 3 atom stereocenters. The van der Waals surface area contributed by atoms with Crippen LogP contribution in [0.5, 0.6) is 0 Å². The number of rotatable bonds is 10. The molecular formula is C20H33NO. The Hall–Kier alpha value is -1.12. The number of hydrogen-bond donors (Lipinski definition) is 2. The van der Waals surface area contributed by atoms with Gasteiger partial charge in [-0.05, 0) is 36.4 Å². The van der Waals surface area contributed by atoms with Gasteiger partial charge in [0.05, 0.1) is 6.10 Å². The van der Waals surface area contributed by atoms with Gasteiger partial charge >= 0.3 is 0 Å². The van der Waals surface area contributed by atoms with Gasteiger partial charge in [-0.1, -0.05) is 77.0 Å². The monoisotopic (exact) mass is 303 g/mol. The van der Waals surface area contributed by atoms with Crippen molar-refractivity contribution >= 4 is 6.08 Å². The lowest BCUT2D eigenvalue weighted by Gasteiger charge is -2.19. The van der Waals surface area contributed by atoms with E-state index in [-0.39, 0.29) is 6.04 Å². The van der Waals surface area contributed by atoms with Gasteiger partial charge in [0.1, 0.15) is 0 Å². The molecule has 0 fully saturated rings. The van der Waals surface area contributed by atoms with Gasteiger partial charge in [-0.3, -0.25) is 0 Å². The fourth-order valence-electron chi connectivity index (χ4n) is 2.87. The summed E-state index contributed by atoms with van der Waals surface area (Å²) < 4.78 is 0. The number of hydrogen-bond acceptors (Lipinski definition) is 2. The van der Waals surface area contributed by atoms with Crippen LogP contribution in [0.25, 0.3) is 6.08 Å². The van der Waals surface area contributed by atoms with Crippen LogP contribution in [0.2, 0.25) is 0 Å². The maximum Gasteiger partial charge on any atom is 0.0877 e. The summed E-state index contributed by atoms with van der Waals surface area (Å²) in [6.07, 6.45) is 8.09. The standard InChI is InChI=1S/C20H33NO/c1-5-8-16(4)15-18-11-9-17(10-12-18)13-14-20(22)19(6-2)21-7-3/h9-14,16,19-22H,5-8,15H2,1-4H3/b14-13+/t16?,19-,20+/m1/s1. The molecule has 1 rings (SSSR count). The van der Waals surface area contributed by atoms with Crippen LogP contribution < -0.4 is 5.32 Å². The van der Waals surface area contributed by atoms with E-state index in [0.29, 0.717) is 0 Å². The summed E-state index contributed by atoms with van der Waals surface area (Å²) in [7, 11) is 0. The van der Waals surface area contributed by atoms with Crippen LogP contribution in [0.3, 0.4) is 0 Å². The van der Waals surface area contributed by atoms with E-state index in [9.17, 15) is 5.11 Å². The van der Waals surface area contributed by atoms with Gasteiger partial charge in [-0.25, -0.2) is 0 Å². The number of likely N-dealkylation sites (N-methyl/N-ethyl adjacent to an activating group) is 1. The van der Waals surface area contributed by atoms with E-state index in [1.165, 1.54) is 18.4 Å². The fourth-order valence-corrected chi connectivity index (χ4v) is 2.87. The van der Waals surface area contributed by atoms with Gasteiger partial charge < -0.3 is 10.4 Å². The lowest BCUT2D eigenvalue weighted by Crippen LogP contribution is -2.38. The summed E-state index contributed by atoms with van der Waals surface area (Å²) >= 11 is 0. The van der Waals surface area contributed by atoms with Crippen molar-refractivity contribution in [1.82, 2.24) is 5.32 Å². The summed E-state index contributed by atoms with van der Waals surface area (Å²) in [4.78, 5) is 0. The number of aliphatic hydroxyl groups is 1. The Labute approximate surface area is 136 Å². The van der Waals surface area contributed by atoms with Crippen LogP contribution in [0.1, 0.15) is 58.1 Å². The maximum atomic E-state index is 10.2. The predicted octanol–water partition coefficient (Wildman–Crippen LogP) is 4.43. The summed E-state index contributed by atoms with van der Waals surface area (Å²) in [5, 5.41) is 13.5. The lowest BCUT2D eigenvalue weighted by molar-refractivity contribution is 0.170. The topological polar surface area (TPSA) is 32.3 Å². The van der Waals surface area contributed by atoms with Crippen molar-refractivity contribution in [2.75, 3.05) is 6.54 Å². The highest BCUT2D eigenvalue weighted by Gasteiger charge is 2.12. The predicted molar refractivity (Wildman–Crippen MR) is 97.0 cm³/mol. The van der Waals surface area contributed by atoms with Crippen LogP contribution in [-0.2, 0) is 6.42 Å². The Morgan fingerprint density at radius 2 is 1.82 bits per heavy atom. The first-order chi connectivity index (χ1) is 10.6. The molecule has 0 aliphatic carbocycles. The molecule has 0 radical (unpaired) electrons. The Morgan fingerprint density at radius 3 is 2.36 bits per heavy atom. The van der Waals surface area contributed by atoms with Crippen molar-refractivity contribution in [1.29, 1.82) is 0 Å². The van der Waals surface area contributed by atoms with E-state index >= 15 is 0 Å². The number of benzene rings is 1. The van der Waals surface area contributed by atoms with Crippen LogP contribution >= 0.6 is 0 Å². The van der Waals surface area contributed by atoms with Gasteiger partial charge in [0.15, 0.2) is 0 Å². The third-order valence-corrected chi connectivity index (χ3v) is 4.15. The first kappa shape index (κ1) is 18.9. The minimum Gasteiger partial charge on any atom is -0.387 e. The first-order valence-electron chi connectivity index (χ1n) is 8.79. The van der Waals surface area contributed by atoms with Crippen molar-refractivity contribution in [2.24, 2.45) is 5.92 Å². The molecule has 0 amide bonds. The van der Waals surface area contributed by atoms with Crippen LogP contribution in [-0.4, -0.2) is 23.8 Å². The Balaban J connectivity index is 2.57. The summed E-state index contributed by atoms with van der Waals surface area (Å²) in [5.41, 5.74) is 2.55. The molecule has 0 aliphatic rings. The summed E-state index contributed by atoms with van der Waals surface area (Å²) in [5.74, 6) is 0.749. The summed E-state index contributed by atoms with van der Waals surface area (Å²) in [6.45, 7) is 9.61. The first-order valence-corrected chi connectivity index (χ1v) is 8.79. The largest absolute Gasteiger partial charge is 0.387 e. The highest BCUT2D eigenvalue weighted by atomic mass is 16.3. The van der Waals surface area contributed by atoms with Crippen molar-refractivity contribution in [2.45, 2.75) is 65.5 Å². The van der Waals surface area contributed by atoms with Gasteiger partial charge in [-0.15, -0.1) is 0 Å². The second-order valence-corrected chi connectivity index (χ2v) is 6.26. The van der Waals surface area contributed by atoms with Gasteiger partial charge in [0.25, 0.3) is 0 Å². The van der Waals surface area contributed by atoms with Crippen molar-refractivity contribution in [3.05, 3.63) is 41.5 Å². The maximum absolute atomic E-state index is 10.2. The molecule has 1 aromatic carbocycles. The molecule has 1 aromatic rings. The van der Waals surface area contributed by atoms with Crippen molar-refractivity contribution in [3.8, 4) is 0 Å². The normalized spacial score (nSPS) is 15.9. The molecule has 0 aromatic heterocycles. The van der Waals surface area contributed by atoms with E-state index in [0.717, 1.165) is 30.9 Å². The molecule has 1 unspecified atom stereocenters. The summed E-state index contributed by atoms with van der Waals surface area (Å²) in [6, 6.07) is 8.84. The molecule has 2 heteroatoms. The Kier molecular flexibility index (Phi) is 9.10. The van der Waals surface area contributed by atoms with E-state index in [2.05, 4.69) is 57.3 Å². The third kappa shape index (κ3) is 6.76. The van der Waals surface area contributed by atoms with E-state index in [4.69, 9.17) is 0 Å². The quantitative estimate of drug-likeness (QED) is 0.670. The Morgan fingerprint density at radius 1 is 1.14 bits per heavy atom. The average Bonchev–Trinajstić information content (AvgIpc) is 2.51. The molecule has 2 nitrogen and oxygen atoms in total. The van der Waals surface area contributed by atoms with Gasteiger partial charge in [0.2, 0.25) is 0 Å².